The van der Waals surface area contributed by atoms with Crippen molar-refractivity contribution in [1.29, 1.82) is 0 Å². The lowest BCUT2D eigenvalue weighted by Crippen LogP contribution is -2.27. The Bertz CT molecular complexity index is 768. The number of phenolic OH excluding ortho intramolecular Hbond substituents is 1. The highest BCUT2D eigenvalue weighted by molar-refractivity contribution is 6.27. The van der Waals surface area contributed by atoms with E-state index in [9.17, 15) is 14.7 Å². The van der Waals surface area contributed by atoms with Crippen molar-refractivity contribution in [2.24, 2.45) is 0 Å². The Balaban J connectivity index is 2.47. The molecule has 0 aliphatic carbocycles. The van der Waals surface area contributed by atoms with Gasteiger partial charge in [-0.2, -0.15) is 0 Å². The predicted octanol–water partition coefficient (Wildman–Crippen LogP) is 4.00. The first kappa shape index (κ1) is 17.5. The van der Waals surface area contributed by atoms with E-state index in [2.05, 4.69) is 0 Å². The number of carbonyl (C=O) groups is 2. The Labute approximate surface area is 141 Å². The maximum atomic E-state index is 12.8. The number of hydrogen-bond donors (Lipinski definition) is 1. The third-order valence-corrected chi connectivity index (χ3v) is 3.12. The van der Waals surface area contributed by atoms with Crippen molar-refractivity contribution in [3.63, 3.8) is 0 Å². The minimum atomic E-state index is -0.730. The van der Waals surface area contributed by atoms with Gasteiger partial charge in [-0.1, -0.05) is 42.5 Å². The summed E-state index contributed by atoms with van der Waals surface area (Å²) >= 11 is 0. The number of rotatable bonds is 4. The average molecular weight is 324 g/mol. The lowest BCUT2D eigenvalue weighted by molar-refractivity contribution is -0.149. The first-order valence-corrected chi connectivity index (χ1v) is 7.61. The van der Waals surface area contributed by atoms with Crippen molar-refractivity contribution < 1.29 is 19.4 Å². The second-order valence-electron chi connectivity index (χ2n) is 6.32. The SMILES string of the molecule is CC(C)(C)OC(=O)/C(=C\c1ccccc1)C(=O)c1ccccc1O. The number of Topliss-reactive ketones (excluding diaryl/α,β-unsaturated/α-hetero) is 1. The quantitative estimate of drug-likeness (QED) is 0.303. The second-order valence-corrected chi connectivity index (χ2v) is 6.32. The molecule has 2 aromatic carbocycles. The Morgan fingerprint density at radius 3 is 2.12 bits per heavy atom. The molecule has 0 heterocycles. The van der Waals surface area contributed by atoms with Gasteiger partial charge in [-0.15, -0.1) is 0 Å². The number of para-hydroxylation sites is 1. The molecule has 0 unspecified atom stereocenters. The van der Waals surface area contributed by atoms with Gasteiger partial charge in [-0.05, 0) is 44.5 Å². The van der Waals surface area contributed by atoms with Gasteiger partial charge in [0.2, 0.25) is 5.78 Å². The molecule has 4 heteroatoms. The Morgan fingerprint density at radius 1 is 0.958 bits per heavy atom. The minimum absolute atomic E-state index is 0.0607. The highest BCUT2D eigenvalue weighted by Crippen LogP contribution is 2.23. The van der Waals surface area contributed by atoms with Crippen LogP contribution in [0.3, 0.4) is 0 Å². The fraction of sp³-hybridized carbons (Fsp3) is 0.200. The molecule has 124 valence electrons. The average Bonchev–Trinajstić information content (AvgIpc) is 2.52. The molecule has 2 aromatic rings. The van der Waals surface area contributed by atoms with Crippen LogP contribution in [0.4, 0.5) is 0 Å². The fourth-order valence-electron chi connectivity index (χ4n) is 2.08. The van der Waals surface area contributed by atoms with Crippen molar-refractivity contribution in [1.82, 2.24) is 0 Å². The van der Waals surface area contributed by atoms with E-state index in [0.29, 0.717) is 5.56 Å². The van der Waals surface area contributed by atoms with Gasteiger partial charge in [0.15, 0.2) is 0 Å². The van der Waals surface area contributed by atoms with Gasteiger partial charge < -0.3 is 9.84 Å². The molecule has 0 saturated heterocycles. The molecule has 0 aliphatic heterocycles. The molecule has 0 fully saturated rings. The number of phenols is 1. The zero-order valence-electron chi connectivity index (χ0n) is 13.9. The lowest BCUT2D eigenvalue weighted by Gasteiger charge is -2.20. The van der Waals surface area contributed by atoms with Crippen LogP contribution in [-0.2, 0) is 9.53 Å². The van der Waals surface area contributed by atoms with Gasteiger partial charge in [-0.3, -0.25) is 4.79 Å². The van der Waals surface area contributed by atoms with Crippen molar-refractivity contribution in [3.05, 3.63) is 71.3 Å². The molecule has 0 aromatic heterocycles. The van der Waals surface area contributed by atoms with Crippen molar-refractivity contribution in [3.8, 4) is 5.75 Å². The minimum Gasteiger partial charge on any atom is -0.507 e. The van der Waals surface area contributed by atoms with Gasteiger partial charge >= 0.3 is 5.97 Å². The third-order valence-electron chi connectivity index (χ3n) is 3.12. The number of benzene rings is 2. The zero-order chi connectivity index (χ0) is 17.7. The molecule has 0 radical (unpaired) electrons. The van der Waals surface area contributed by atoms with Gasteiger partial charge in [0.1, 0.15) is 16.9 Å². The van der Waals surface area contributed by atoms with Crippen LogP contribution in [0.1, 0.15) is 36.7 Å². The first-order valence-electron chi connectivity index (χ1n) is 7.61. The number of ketones is 1. The first-order chi connectivity index (χ1) is 11.3. The summed E-state index contributed by atoms with van der Waals surface area (Å²) in [6, 6.07) is 15.1. The molecular formula is C20H20O4. The summed E-state index contributed by atoms with van der Waals surface area (Å²) in [4.78, 5) is 25.3. The summed E-state index contributed by atoms with van der Waals surface area (Å²) in [6.07, 6.45) is 1.48. The fourth-order valence-corrected chi connectivity index (χ4v) is 2.08. The summed E-state index contributed by atoms with van der Waals surface area (Å²) in [7, 11) is 0. The molecule has 0 amide bonds. The topological polar surface area (TPSA) is 63.6 Å². The van der Waals surface area contributed by atoms with Crippen molar-refractivity contribution in [2.45, 2.75) is 26.4 Å². The highest BCUT2D eigenvalue weighted by atomic mass is 16.6. The van der Waals surface area contributed by atoms with Gasteiger partial charge in [0.05, 0.1) is 5.56 Å². The smallest absolute Gasteiger partial charge is 0.342 e. The van der Waals surface area contributed by atoms with E-state index in [1.54, 1.807) is 45.0 Å². The van der Waals surface area contributed by atoms with Crippen molar-refractivity contribution in [2.75, 3.05) is 0 Å². The second kappa shape index (κ2) is 7.13. The van der Waals surface area contributed by atoms with E-state index in [0.717, 1.165) is 0 Å². The predicted molar refractivity (Wildman–Crippen MR) is 92.7 cm³/mol. The van der Waals surface area contributed by atoms with Crippen LogP contribution >= 0.6 is 0 Å². The van der Waals surface area contributed by atoms with Gasteiger partial charge in [0.25, 0.3) is 0 Å². The van der Waals surface area contributed by atoms with E-state index >= 15 is 0 Å². The maximum Gasteiger partial charge on any atom is 0.342 e. The molecule has 4 nitrogen and oxygen atoms in total. The Hall–Kier alpha value is -2.88. The van der Waals surface area contributed by atoms with Crippen LogP contribution in [-0.4, -0.2) is 22.5 Å². The van der Waals surface area contributed by atoms with E-state index < -0.39 is 17.4 Å². The summed E-state index contributed by atoms with van der Waals surface area (Å²) in [5.74, 6) is -1.48. The summed E-state index contributed by atoms with van der Waals surface area (Å²) in [6.45, 7) is 5.19. The number of esters is 1. The molecule has 0 saturated carbocycles. The molecule has 0 aliphatic rings. The summed E-state index contributed by atoms with van der Waals surface area (Å²) < 4.78 is 5.34. The number of ether oxygens (including phenoxy) is 1. The molecular weight excluding hydrogens is 304 g/mol. The maximum absolute atomic E-state index is 12.8. The molecule has 0 bridgehead atoms. The summed E-state index contributed by atoms with van der Waals surface area (Å²) in [5, 5.41) is 9.91. The van der Waals surface area contributed by atoms with Crippen LogP contribution in [0.15, 0.2) is 60.2 Å². The summed E-state index contributed by atoms with van der Waals surface area (Å²) in [5.41, 5.74) is -0.100. The van der Waals surface area contributed by atoms with Crippen LogP contribution in [0.25, 0.3) is 6.08 Å². The Kier molecular flexibility index (Phi) is 5.19. The number of carbonyl (C=O) groups excluding carboxylic acids is 2. The van der Waals surface area contributed by atoms with E-state index in [4.69, 9.17) is 4.74 Å². The van der Waals surface area contributed by atoms with Crippen LogP contribution in [0.2, 0.25) is 0 Å². The number of aromatic hydroxyl groups is 1. The highest BCUT2D eigenvalue weighted by Gasteiger charge is 2.27. The normalized spacial score (nSPS) is 11.9. The molecule has 1 N–H and O–H groups in total. The van der Waals surface area contributed by atoms with Crippen LogP contribution < -0.4 is 0 Å². The molecule has 2 rings (SSSR count). The third kappa shape index (κ3) is 4.56. The van der Waals surface area contributed by atoms with E-state index in [-0.39, 0.29) is 16.9 Å². The van der Waals surface area contributed by atoms with Crippen LogP contribution in [0.5, 0.6) is 5.75 Å². The molecule has 0 atom stereocenters. The van der Waals surface area contributed by atoms with Crippen LogP contribution in [0, 0.1) is 0 Å². The molecule has 0 spiro atoms. The number of hydrogen-bond acceptors (Lipinski definition) is 4. The van der Waals surface area contributed by atoms with Gasteiger partial charge in [0, 0.05) is 0 Å². The lowest BCUT2D eigenvalue weighted by atomic mass is 10.00. The largest absolute Gasteiger partial charge is 0.507 e. The molecule has 24 heavy (non-hydrogen) atoms. The van der Waals surface area contributed by atoms with Crippen molar-refractivity contribution >= 4 is 17.8 Å². The Morgan fingerprint density at radius 2 is 1.54 bits per heavy atom. The standard InChI is InChI=1S/C20H20O4/c1-20(2,3)24-19(23)16(13-14-9-5-4-6-10-14)18(22)15-11-7-8-12-17(15)21/h4-13,21H,1-3H3/b16-13-. The zero-order valence-corrected chi connectivity index (χ0v) is 13.9. The van der Waals surface area contributed by atoms with E-state index in [1.807, 2.05) is 18.2 Å². The monoisotopic (exact) mass is 324 g/mol. The van der Waals surface area contributed by atoms with Gasteiger partial charge in [-0.25, -0.2) is 4.79 Å². The van der Waals surface area contributed by atoms with E-state index in [1.165, 1.54) is 18.2 Å².